The Morgan fingerprint density at radius 1 is 0.486 bits per heavy atom. The summed E-state index contributed by atoms with van der Waals surface area (Å²) in [6.45, 7) is 50.8. The van der Waals surface area contributed by atoms with Gasteiger partial charge in [0.1, 0.15) is 18.8 Å². The van der Waals surface area contributed by atoms with E-state index in [0.717, 1.165) is 98.7 Å². The monoisotopic (exact) mass is 1490 g/mol. The first-order chi connectivity index (χ1) is 44.0. The molecule has 630 valence electrons. The molecule has 0 aromatic rings. The summed E-state index contributed by atoms with van der Waals surface area (Å²) in [5.41, 5.74) is -0.293. The van der Waals surface area contributed by atoms with E-state index in [0.29, 0.717) is 59.0 Å². The second kappa shape index (κ2) is 43.3. The summed E-state index contributed by atoms with van der Waals surface area (Å²) in [4.78, 5) is 59.6. The van der Waals surface area contributed by atoms with E-state index < -0.39 is 11.0 Å². The molecule has 0 aliphatic heterocycles. The van der Waals surface area contributed by atoms with Gasteiger partial charge >= 0.3 is 23.9 Å². The number of hydrogen-bond acceptors (Lipinski definition) is 11. The maximum absolute atomic E-state index is 12.4. The van der Waals surface area contributed by atoms with Gasteiger partial charge in [-0.1, -0.05) is 229 Å². The molecule has 13 aliphatic carbocycles. The van der Waals surface area contributed by atoms with Gasteiger partial charge < -0.3 is 34.1 Å². The van der Waals surface area contributed by atoms with Crippen LogP contribution >= 0.6 is 0 Å². The minimum absolute atomic E-state index is 0. The molecule has 17 atom stereocenters. The van der Waals surface area contributed by atoms with E-state index in [9.17, 15) is 29.1 Å². The van der Waals surface area contributed by atoms with Gasteiger partial charge in [0.15, 0.2) is 0 Å². The number of esters is 4. The SMILES string of the molecule is C.C.C.C.C.C.C.C.C.C.C1CCC2(CC1)CC2.CCC(C)(C)C(=O)N[C@@H]1C[C@@H]2C[C@H](C1C)C2(C)C.CCC(C)(C)C(=O)OC.CCC(C)(C)C(=O)OC1CC2CCCC3CCCC1C32.CCC(C)(C)C(=O)OC1C[C@]2(C(C)C)CC2C1C.CCC(C)(C)C(=O)OCCOC1C[C@@H]2C[C@@H](C2(C)C)[C@]1(C)O. The first kappa shape index (κ1) is 111. The second-order valence-electron chi connectivity index (χ2n) is 38.0. The highest BCUT2D eigenvalue weighted by atomic mass is 16.6. The van der Waals surface area contributed by atoms with Crippen LogP contribution in [0, 0.1) is 120 Å². The topological polar surface area (TPSA) is 164 Å². The van der Waals surface area contributed by atoms with Gasteiger partial charge in [0, 0.05) is 11.5 Å². The molecular formula is C93H187NO11. The Morgan fingerprint density at radius 2 is 0.943 bits per heavy atom. The molecule has 12 nitrogen and oxygen atoms in total. The lowest BCUT2D eigenvalue weighted by atomic mass is 9.43. The van der Waals surface area contributed by atoms with E-state index in [1.165, 1.54) is 84.2 Å². The molecule has 13 rings (SSSR count). The third-order valence-corrected chi connectivity index (χ3v) is 29.4. The van der Waals surface area contributed by atoms with Crippen molar-refractivity contribution < 1.29 is 52.8 Å². The fourth-order valence-electron chi connectivity index (χ4n) is 18.9. The summed E-state index contributed by atoms with van der Waals surface area (Å²) in [5, 5.41) is 14.1. The maximum Gasteiger partial charge on any atom is 0.311 e. The third kappa shape index (κ3) is 25.4. The lowest BCUT2D eigenvalue weighted by molar-refractivity contribution is -0.258. The predicted octanol–water partition coefficient (Wildman–Crippen LogP) is 26.1. The Morgan fingerprint density at radius 3 is 1.35 bits per heavy atom. The fraction of sp³-hybridized carbons (Fsp3) is 0.946. The average Bonchev–Trinajstić information content (AvgIpc) is 1.69. The number of amides is 1. The number of methoxy groups -OCH3 is 1. The van der Waals surface area contributed by atoms with Gasteiger partial charge in [-0.25, -0.2) is 0 Å². The highest BCUT2D eigenvalue weighted by Crippen LogP contribution is 2.70. The normalized spacial score (nSPS) is 31.9. The van der Waals surface area contributed by atoms with Gasteiger partial charge in [0.2, 0.25) is 5.91 Å². The van der Waals surface area contributed by atoms with Crippen LogP contribution in [-0.2, 0) is 47.7 Å². The number of hydrogen-bond donors (Lipinski definition) is 2. The summed E-state index contributed by atoms with van der Waals surface area (Å²) < 4.78 is 27.5. The number of carbonyl (C=O) groups is 5. The van der Waals surface area contributed by atoms with Gasteiger partial charge in [0.25, 0.3) is 0 Å². The van der Waals surface area contributed by atoms with Crippen molar-refractivity contribution >= 4 is 29.8 Å². The van der Waals surface area contributed by atoms with Gasteiger partial charge in [-0.3, -0.25) is 24.0 Å². The van der Waals surface area contributed by atoms with Crippen molar-refractivity contribution in [1.82, 2.24) is 5.32 Å². The predicted molar refractivity (Wildman–Crippen MR) is 452 cm³/mol. The van der Waals surface area contributed by atoms with Crippen LogP contribution < -0.4 is 5.32 Å². The molecule has 4 bridgehead atoms. The molecule has 13 aliphatic rings. The van der Waals surface area contributed by atoms with Crippen LogP contribution in [0.4, 0.5) is 0 Å². The molecule has 0 saturated heterocycles. The zero-order valence-corrected chi connectivity index (χ0v) is 65.9. The summed E-state index contributed by atoms with van der Waals surface area (Å²) in [6, 6.07) is 0.403. The Kier molecular flexibility index (Phi) is 45.8. The minimum Gasteiger partial charge on any atom is -0.469 e. The number of nitrogens with one attached hydrogen (secondary N) is 1. The van der Waals surface area contributed by atoms with E-state index in [2.05, 4.69) is 79.3 Å². The van der Waals surface area contributed by atoms with E-state index >= 15 is 0 Å². The van der Waals surface area contributed by atoms with E-state index in [1.54, 1.807) is 25.7 Å². The quantitative estimate of drug-likeness (QED) is 0.0763. The van der Waals surface area contributed by atoms with Crippen molar-refractivity contribution in [3.05, 3.63) is 0 Å². The summed E-state index contributed by atoms with van der Waals surface area (Å²) in [5.74, 6) is 8.50. The highest BCUT2D eigenvalue weighted by Gasteiger charge is 2.67. The molecule has 0 aromatic carbocycles. The number of carbonyl (C=O) groups excluding carboxylic acids is 5. The van der Waals surface area contributed by atoms with Crippen molar-refractivity contribution in [3.8, 4) is 0 Å². The van der Waals surface area contributed by atoms with Gasteiger partial charge in [0.05, 0.1) is 47.1 Å². The van der Waals surface area contributed by atoms with E-state index in [1.807, 2.05) is 96.9 Å². The Labute approximate surface area is 655 Å². The van der Waals surface area contributed by atoms with Crippen molar-refractivity contribution in [2.24, 2.45) is 120 Å². The van der Waals surface area contributed by atoms with Gasteiger partial charge in [-0.05, 0) is 264 Å². The lowest BCUT2D eigenvalue weighted by Crippen LogP contribution is -2.67. The van der Waals surface area contributed by atoms with Crippen LogP contribution in [0.2, 0.25) is 0 Å². The van der Waals surface area contributed by atoms with Crippen LogP contribution in [0.25, 0.3) is 0 Å². The molecule has 0 aromatic heterocycles. The smallest absolute Gasteiger partial charge is 0.311 e. The largest absolute Gasteiger partial charge is 0.469 e. The Hall–Kier alpha value is -2.73. The van der Waals surface area contributed by atoms with Gasteiger partial charge in [-0.15, -0.1) is 0 Å². The first-order valence-corrected chi connectivity index (χ1v) is 39.3. The highest BCUT2D eigenvalue weighted by molar-refractivity contribution is 5.82. The van der Waals surface area contributed by atoms with E-state index in [4.69, 9.17) is 18.9 Å². The van der Waals surface area contributed by atoms with Crippen LogP contribution in [0.1, 0.15) is 401 Å². The first-order valence-electron chi connectivity index (χ1n) is 39.3. The third-order valence-electron chi connectivity index (χ3n) is 29.4. The van der Waals surface area contributed by atoms with Crippen LogP contribution in [0.3, 0.4) is 0 Å². The number of ether oxygens (including phenoxy) is 5. The summed E-state index contributed by atoms with van der Waals surface area (Å²) in [7, 11) is 1.42. The summed E-state index contributed by atoms with van der Waals surface area (Å²) in [6.07, 6.45) is 31.6. The molecular weight excluding hydrogens is 1310 g/mol. The molecule has 12 heteroatoms. The Bertz CT molecular complexity index is 2500. The second-order valence-corrected chi connectivity index (χ2v) is 38.0. The molecule has 0 heterocycles. The molecule has 2 N–H and O–H groups in total. The maximum atomic E-state index is 12.4. The molecule has 105 heavy (non-hydrogen) atoms. The molecule has 0 radical (unpaired) electrons. The van der Waals surface area contributed by atoms with Crippen molar-refractivity contribution in [2.75, 3.05) is 20.3 Å². The zero-order valence-electron chi connectivity index (χ0n) is 65.9. The zero-order chi connectivity index (χ0) is 71.5. The standard InChI is InChI=1S/C18H32O4.C18H30O2.C16H29NO.C16H28O2.C8H14.C7H14O2.10CH4/c1-7-16(2,3)15(19)22-9-8-21-14-11-12-10-13(17(12,4)5)18(14,6)20;1-4-18(2,3)17(19)20-15-11-13-9-5-7-12-8-6-10-14(15)16(12)13;1-7-15(3,4)14(18)17-13-9-11-8-12(10(13)2)16(11,5)6;1-7-15(5,6)14(17)18-13-9-16(10(2)3)8-12(16)11(13)4;1-2-4-8(5-3-1)6-7-8;1-5-7(2,3)6(8)9-4;;;;;;;;;;/h12-14,20H,7-11H2,1-6H3;12-16H,4-11H2,1-3H3;10-13H,7-9H2,1-6H3,(H,17,18);10-13H,7-9H2,1-6H3;1-7H2;5H2,1-4H3;10*1H4/t12-,13-,14?,18-;;10?,11-,12+,13+;11?,12?,13?,16-;;;;;;;;;;;;/m0.00............/s1. The molecule has 1 amide bonds. The molecule has 13 saturated carbocycles. The van der Waals surface area contributed by atoms with Crippen molar-refractivity contribution in [1.29, 1.82) is 0 Å². The fourth-order valence-corrected chi connectivity index (χ4v) is 18.9. The summed E-state index contributed by atoms with van der Waals surface area (Å²) >= 11 is 0. The van der Waals surface area contributed by atoms with Crippen LogP contribution in [0.15, 0.2) is 0 Å². The van der Waals surface area contributed by atoms with Crippen LogP contribution in [0.5, 0.6) is 0 Å². The number of rotatable bonds is 18. The van der Waals surface area contributed by atoms with E-state index in [-0.39, 0.29) is 156 Å². The minimum atomic E-state index is -0.787. The lowest BCUT2D eigenvalue weighted by Gasteiger charge is -2.64. The Balaban J connectivity index is -0.000000383. The number of aliphatic hydroxyl groups is 1. The molecule has 13 fully saturated rings. The molecule has 1 spiro atoms. The average molecular weight is 1500 g/mol. The number of fused-ring (bicyclic) bond motifs is 5. The van der Waals surface area contributed by atoms with Gasteiger partial charge in [-0.2, -0.15) is 0 Å². The molecule has 10 unspecified atom stereocenters. The van der Waals surface area contributed by atoms with Crippen molar-refractivity contribution in [3.63, 3.8) is 0 Å². The van der Waals surface area contributed by atoms with Crippen LogP contribution in [-0.4, -0.2) is 85.2 Å². The van der Waals surface area contributed by atoms with Crippen molar-refractivity contribution in [2.45, 2.75) is 431 Å².